The predicted octanol–water partition coefficient (Wildman–Crippen LogP) is 3.20. The maximum Gasteiger partial charge on any atom is 0.174 e. The van der Waals surface area contributed by atoms with Crippen LogP contribution in [0, 0.1) is 11.3 Å². The highest BCUT2D eigenvalue weighted by molar-refractivity contribution is 6.45. The summed E-state index contributed by atoms with van der Waals surface area (Å²) in [6, 6.07) is 3.58. The summed E-state index contributed by atoms with van der Waals surface area (Å²) in [5, 5.41) is 17.1. The zero-order chi connectivity index (χ0) is 16.4. The Morgan fingerprint density at radius 2 is 2.26 bits per heavy atom. The van der Waals surface area contributed by atoms with Crippen LogP contribution in [0.3, 0.4) is 0 Å². The van der Waals surface area contributed by atoms with Crippen molar-refractivity contribution in [2.24, 2.45) is 5.73 Å². The van der Waals surface area contributed by atoms with Gasteiger partial charge < -0.3 is 15.0 Å². The van der Waals surface area contributed by atoms with E-state index in [4.69, 9.17) is 38.9 Å². The second-order valence-corrected chi connectivity index (χ2v) is 5.64. The molecule has 0 aliphatic rings. The van der Waals surface area contributed by atoms with Gasteiger partial charge in [-0.3, -0.25) is 5.10 Å². The van der Waals surface area contributed by atoms with Crippen molar-refractivity contribution in [3.8, 4) is 22.9 Å². The SMILES string of the molecule is N#CCOc1cc(Cl)c(Cl)c2c1c(-c1cn[nH]c1)cn2CCN. The number of aromatic nitrogens is 3. The third kappa shape index (κ3) is 2.75. The number of nitrogens with two attached hydrogens (primary N) is 1. The van der Waals surface area contributed by atoms with Crippen molar-refractivity contribution < 1.29 is 4.74 Å². The molecule has 6 nitrogen and oxygen atoms in total. The first-order valence-corrected chi connectivity index (χ1v) is 7.62. The van der Waals surface area contributed by atoms with Crippen molar-refractivity contribution in [3.05, 3.63) is 34.7 Å². The minimum Gasteiger partial charge on any atom is -0.478 e. The predicted molar refractivity (Wildman–Crippen MR) is 89.7 cm³/mol. The molecule has 0 spiro atoms. The first-order chi connectivity index (χ1) is 11.2. The van der Waals surface area contributed by atoms with Crippen molar-refractivity contribution in [3.63, 3.8) is 0 Å². The molecule has 2 aromatic heterocycles. The lowest BCUT2D eigenvalue weighted by Crippen LogP contribution is -2.09. The molecule has 0 saturated carbocycles. The number of benzene rings is 1. The van der Waals surface area contributed by atoms with E-state index in [-0.39, 0.29) is 6.61 Å². The van der Waals surface area contributed by atoms with Crippen LogP contribution in [0.2, 0.25) is 10.0 Å². The lowest BCUT2D eigenvalue weighted by molar-refractivity contribution is 0.372. The Morgan fingerprint density at radius 3 is 2.91 bits per heavy atom. The average Bonchev–Trinajstić information content (AvgIpc) is 3.17. The van der Waals surface area contributed by atoms with Gasteiger partial charge in [-0.05, 0) is 0 Å². The summed E-state index contributed by atoms with van der Waals surface area (Å²) in [6.45, 7) is 0.942. The highest BCUT2D eigenvalue weighted by Gasteiger charge is 2.20. The summed E-state index contributed by atoms with van der Waals surface area (Å²) >= 11 is 12.6. The quantitative estimate of drug-likeness (QED) is 0.739. The monoisotopic (exact) mass is 349 g/mol. The van der Waals surface area contributed by atoms with Gasteiger partial charge in [-0.15, -0.1) is 0 Å². The van der Waals surface area contributed by atoms with Gasteiger partial charge in [0, 0.05) is 42.7 Å². The van der Waals surface area contributed by atoms with E-state index < -0.39 is 0 Å². The van der Waals surface area contributed by atoms with Crippen LogP contribution in [0.4, 0.5) is 0 Å². The van der Waals surface area contributed by atoms with Crippen LogP contribution in [-0.4, -0.2) is 27.9 Å². The molecule has 23 heavy (non-hydrogen) atoms. The molecule has 0 aliphatic carbocycles. The van der Waals surface area contributed by atoms with Crippen molar-refractivity contribution in [1.29, 1.82) is 5.26 Å². The van der Waals surface area contributed by atoms with Gasteiger partial charge in [0.05, 0.1) is 27.1 Å². The minimum absolute atomic E-state index is 0.0834. The summed E-state index contributed by atoms with van der Waals surface area (Å²) in [4.78, 5) is 0. The van der Waals surface area contributed by atoms with E-state index in [2.05, 4.69) is 10.2 Å². The molecule has 0 amide bonds. The van der Waals surface area contributed by atoms with Gasteiger partial charge in [-0.2, -0.15) is 10.4 Å². The zero-order valence-electron chi connectivity index (χ0n) is 12.0. The maximum absolute atomic E-state index is 8.80. The number of hydrogen-bond donors (Lipinski definition) is 2. The minimum atomic E-state index is -0.0834. The van der Waals surface area contributed by atoms with Crippen LogP contribution >= 0.6 is 23.2 Å². The van der Waals surface area contributed by atoms with Crippen LogP contribution in [0.25, 0.3) is 22.0 Å². The number of fused-ring (bicyclic) bond motifs is 1. The Kier molecular flexibility index (Phi) is 4.44. The topological polar surface area (TPSA) is 92.6 Å². The molecule has 0 radical (unpaired) electrons. The van der Waals surface area contributed by atoms with E-state index in [9.17, 15) is 0 Å². The lowest BCUT2D eigenvalue weighted by atomic mass is 10.1. The number of rotatable bonds is 5. The van der Waals surface area contributed by atoms with Gasteiger partial charge in [0.15, 0.2) is 6.61 Å². The Bertz CT molecular complexity index is 880. The highest BCUT2D eigenvalue weighted by Crippen LogP contribution is 2.43. The van der Waals surface area contributed by atoms with Crippen molar-refractivity contribution in [2.45, 2.75) is 6.54 Å². The molecule has 2 heterocycles. The number of nitrogens with zero attached hydrogens (tertiary/aromatic N) is 3. The van der Waals surface area contributed by atoms with Gasteiger partial charge in [0.25, 0.3) is 0 Å². The van der Waals surface area contributed by atoms with Crippen molar-refractivity contribution in [1.82, 2.24) is 14.8 Å². The average molecular weight is 350 g/mol. The number of halogens is 2. The normalized spacial score (nSPS) is 10.9. The van der Waals surface area contributed by atoms with Crippen LogP contribution in [0.1, 0.15) is 0 Å². The molecule has 0 aliphatic heterocycles. The molecule has 0 bridgehead atoms. The van der Waals surface area contributed by atoms with E-state index in [0.717, 1.165) is 22.0 Å². The molecule has 0 saturated heterocycles. The molecule has 8 heteroatoms. The lowest BCUT2D eigenvalue weighted by Gasteiger charge is -2.10. The molecule has 3 aromatic rings. The van der Waals surface area contributed by atoms with Crippen LogP contribution in [0.5, 0.6) is 5.75 Å². The van der Waals surface area contributed by atoms with Gasteiger partial charge in [0.1, 0.15) is 11.8 Å². The molecule has 3 N–H and O–H groups in total. The standard InChI is InChI=1S/C15H13Cl2N5O/c16-11-5-12(23-4-2-19)13-10(9-6-20-21-7-9)8-22(3-1-18)15(13)14(11)17/h5-8H,1,3-4,18H2,(H,20,21). The number of aromatic amines is 1. The van der Waals surface area contributed by atoms with Crippen molar-refractivity contribution >= 4 is 34.1 Å². The van der Waals surface area contributed by atoms with Crippen molar-refractivity contribution in [2.75, 3.05) is 13.2 Å². The fourth-order valence-electron chi connectivity index (χ4n) is 2.56. The number of ether oxygens (including phenoxy) is 1. The smallest absolute Gasteiger partial charge is 0.174 e. The summed E-state index contributed by atoms with van der Waals surface area (Å²) in [5.74, 6) is 0.503. The molecule has 0 unspecified atom stereocenters. The zero-order valence-corrected chi connectivity index (χ0v) is 13.5. The molecule has 118 valence electrons. The van der Waals surface area contributed by atoms with E-state index in [0.29, 0.717) is 28.9 Å². The van der Waals surface area contributed by atoms with E-state index in [1.54, 1.807) is 18.5 Å². The van der Waals surface area contributed by atoms with Gasteiger partial charge in [0.2, 0.25) is 0 Å². The molecule has 1 aromatic carbocycles. The van der Waals surface area contributed by atoms with Crippen LogP contribution < -0.4 is 10.5 Å². The molecule has 3 rings (SSSR count). The first kappa shape index (κ1) is 15.7. The van der Waals surface area contributed by atoms with E-state index >= 15 is 0 Å². The Hall–Kier alpha value is -2.20. The largest absolute Gasteiger partial charge is 0.478 e. The summed E-state index contributed by atoms with van der Waals surface area (Å²) in [5.41, 5.74) is 8.19. The first-order valence-electron chi connectivity index (χ1n) is 6.87. The van der Waals surface area contributed by atoms with E-state index in [1.807, 2.05) is 16.8 Å². The molecular formula is C15H13Cl2N5O. The number of nitrogens with one attached hydrogen (secondary N) is 1. The highest BCUT2D eigenvalue weighted by atomic mass is 35.5. The second kappa shape index (κ2) is 6.50. The van der Waals surface area contributed by atoms with E-state index in [1.165, 1.54) is 0 Å². The second-order valence-electron chi connectivity index (χ2n) is 4.85. The van der Waals surface area contributed by atoms with Crippen LogP contribution in [0.15, 0.2) is 24.7 Å². The number of nitriles is 1. The van der Waals surface area contributed by atoms with Crippen LogP contribution in [-0.2, 0) is 6.54 Å². The molecule has 0 atom stereocenters. The third-order valence-electron chi connectivity index (χ3n) is 3.47. The molecule has 0 fully saturated rings. The fourth-order valence-corrected chi connectivity index (χ4v) is 3.01. The van der Waals surface area contributed by atoms with Gasteiger partial charge >= 0.3 is 0 Å². The Morgan fingerprint density at radius 1 is 1.43 bits per heavy atom. The Balaban J connectivity index is 2.35. The summed E-state index contributed by atoms with van der Waals surface area (Å²) in [7, 11) is 0. The number of hydrogen-bond acceptors (Lipinski definition) is 4. The summed E-state index contributed by atoms with van der Waals surface area (Å²) in [6.07, 6.45) is 5.42. The Labute approximate surface area is 142 Å². The van der Waals surface area contributed by atoms with Gasteiger partial charge in [-0.25, -0.2) is 0 Å². The summed E-state index contributed by atoms with van der Waals surface area (Å²) < 4.78 is 7.49. The fraction of sp³-hybridized carbons (Fsp3) is 0.200. The molecular weight excluding hydrogens is 337 g/mol. The maximum atomic E-state index is 8.80. The third-order valence-corrected chi connectivity index (χ3v) is 4.25. The van der Waals surface area contributed by atoms with Gasteiger partial charge in [-0.1, -0.05) is 23.2 Å². The number of H-pyrrole nitrogens is 1.